The number of hydrogen-bond donors (Lipinski definition) is 0. The second-order valence-corrected chi connectivity index (χ2v) is 6.90. The van der Waals surface area contributed by atoms with Crippen LogP contribution in [0.5, 0.6) is 0 Å². The van der Waals surface area contributed by atoms with Gasteiger partial charge in [0.05, 0.1) is 13.4 Å². The van der Waals surface area contributed by atoms with Crippen LogP contribution in [0.1, 0.15) is 20.9 Å². The van der Waals surface area contributed by atoms with E-state index >= 15 is 0 Å². The Morgan fingerprint density at radius 1 is 1.10 bits per heavy atom. The summed E-state index contributed by atoms with van der Waals surface area (Å²) in [5, 5.41) is 4.68. The molecule has 0 atom stereocenters. The molecule has 3 heterocycles. The molecule has 0 saturated carbocycles. The van der Waals surface area contributed by atoms with Gasteiger partial charge in [0.2, 0.25) is 5.88 Å². The Kier molecular flexibility index (Phi) is 5.26. The maximum absolute atomic E-state index is 12.5. The fourth-order valence-corrected chi connectivity index (χ4v) is 3.38. The number of carbonyl (C=O) groups is 2. The lowest BCUT2D eigenvalue weighted by atomic mass is 10.1. The van der Waals surface area contributed by atoms with Crippen LogP contribution in [0, 0.1) is 0 Å². The second-order valence-electron chi connectivity index (χ2n) is 6.47. The van der Waals surface area contributed by atoms with Crippen LogP contribution in [0.3, 0.4) is 0 Å². The number of carbonyl (C=O) groups excluding carboxylic acids is 2. The number of benzene rings is 1. The van der Waals surface area contributed by atoms with Gasteiger partial charge in [-0.05, 0) is 24.3 Å². The molecule has 2 aromatic heterocycles. The van der Waals surface area contributed by atoms with Crippen LogP contribution in [0.2, 0.25) is 5.02 Å². The predicted molar refractivity (Wildman–Crippen MR) is 105 cm³/mol. The van der Waals surface area contributed by atoms with Crippen molar-refractivity contribution in [3.8, 4) is 11.3 Å². The number of aromatic nitrogens is 1. The number of halogens is 1. The molecule has 8 nitrogen and oxygen atoms in total. The molecule has 1 aliphatic rings. The Morgan fingerprint density at radius 2 is 1.83 bits per heavy atom. The summed E-state index contributed by atoms with van der Waals surface area (Å²) in [7, 11) is 1.31. The van der Waals surface area contributed by atoms with E-state index in [1.54, 1.807) is 41.3 Å². The van der Waals surface area contributed by atoms with E-state index in [0.29, 0.717) is 54.1 Å². The molecule has 1 saturated heterocycles. The molecule has 1 amide bonds. The molecule has 0 unspecified atom stereocenters. The highest BCUT2D eigenvalue weighted by Crippen LogP contribution is 2.33. The van der Waals surface area contributed by atoms with E-state index in [1.165, 1.54) is 13.4 Å². The number of amides is 1. The smallest absolute Gasteiger partial charge is 0.345 e. The van der Waals surface area contributed by atoms with Gasteiger partial charge in [0.25, 0.3) is 5.91 Å². The lowest BCUT2D eigenvalue weighted by Crippen LogP contribution is -2.49. The number of furan rings is 1. The molecule has 0 radical (unpaired) electrons. The number of rotatable bonds is 4. The van der Waals surface area contributed by atoms with Crippen LogP contribution in [-0.2, 0) is 4.74 Å². The molecule has 1 fully saturated rings. The van der Waals surface area contributed by atoms with Crippen molar-refractivity contribution in [1.82, 2.24) is 10.1 Å². The van der Waals surface area contributed by atoms with Crippen molar-refractivity contribution in [2.75, 3.05) is 38.2 Å². The molecule has 29 heavy (non-hydrogen) atoms. The number of anilines is 1. The van der Waals surface area contributed by atoms with Crippen LogP contribution in [-0.4, -0.2) is 55.2 Å². The molecule has 0 spiro atoms. The largest absolute Gasteiger partial charge is 0.465 e. The quantitative estimate of drug-likeness (QED) is 0.603. The molecule has 3 aromatic rings. The summed E-state index contributed by atoms with van der Waals surface area (Å²) in [5.41, 5.74) is 1.33. The first-order valence-corrected chi connectivity index (χ1v) is 9.38. The Morgan fingerprint density at radius 3 is 2.45 bits per heavy atom. The van der Waals surface area contributed by atoms with Gasteiger partial charge in [-0.2, -0.15) is 0 Å². The van der Waals surface area contributed by atoms with E-state index in [2.05, 4.69) is 5.16 Å². The standard InChI is InChI=1S/C20H18ClN3O5/c1-27-20(26)16-17(13-4-6-14(21)7-5-13)22-29-19(16)24-10-8-23(9-11-24)18(25)15-3-2-12-28-15/h2-7,12H,8-11H2,1H3. The van der Waals surface area contributed by atoms with Crippen LogP contribution >= 0.6 is 11.6 Å². The maximum Gasteiger partial charge on any atom is 0.345 e. The number of methoxy groups -OCH3 is 1. The number of hydrogen-bond acceptors (Lipinski definition) is 7. The fourth-order valence-electron chi connectivity index (χ4n) is 3.26. The SMILES string of the molecule is COC(=O)c1c(-c2ccc(Cl)cc2)noc1N1CCN(C(=O)c2ccco2)CC1. The van der Waals surface area contributed by atoms with E-state index in [4.69, 9.17) is 25.3 Å². The van der Waals surface area contributed by atoms with Gasteiger partial charge in [-0.15, -0.1) is 0 Å². The van der Waals surface area contributed by atoms with Crippen LogP contribution in [0.15, 0.2) is 51.6 Å². The summed E-state index contributed by atoms with van der Waals surface area (Å²) < 4.78 is 15.7. The Balaban J connectivity index is 1.57. The topological polar surface area (TPSA) is 89.0 Å². The van der Waals surface area contributed by atoms with Gasteiger partial charge in [-0.1, -0.05) is 28.9 Å². The van der Waals surface area contributed by atoms with Crippen molar-refractivity contribution in [1.29, 1.82) is 0 Å². The first kappa shape index (κ1) is 19.1. The van der Waals surface area contributed by atoms with Crippen molar-refractivity contribution in [3.05, 3.63) is 59.0 Å². The molecular weight excluding hydrogens is 398 g/mol. The summed E-state index contributed by atoms with van der Waals surface area (Å²) in [6.07, 6.45) is 1.47. The molecule has 1 aromatic carbocycles. The lowest BCUT2D eigenvalue weighted by Gasteiger charge is -2.34. The van der Waals surface area contributed by atoms with Gasteiger partial charge >= 0.3 is 5.97 Å². The number of esters is 1. The average molecular weight is 416 g/mol. The lowest BCUT2D eigenvalue weighted by molar-refractivity contribution is 0.0599. The summed E-state index contributed by atoms with van der Waals surface area (Å²) in [4.78, 5) is 28.5. The molecule has 4 rings (SSSR count). The fraction of sp³-hybridized carbons (Fsp3) is 0.250. The molecule has 0 aliphatic carbocycles. The highest BCUT2D eigenvalue weighted by atomic mass is 35.5. The number of ether oxygens (including phenoxy) is 1. The highest BCUT2D eigenvalue weighted by molar-refractivity contribution is 6.30. The second kappa shape index (κ2) is 8.00. The van der Waals surface area contributed by atoms with E-state index in [-0.39, 0.29) is 11.5 Å². The van der Waals surface area contributed by atoms with E-state index < -0.39 is 5.97 Å². The zero-order chi connectivity index (χ0) is 20.4. The minimum Gasteiger partial charge on any atom is -0.465 e. The van der Waals surface area contributed by atoms with Crippen LogP contribution < -0.4 is 4.90 Å². The summed E-state index contributed by atoms with van der Waals surface area (Å²) in [5.74, 6) is -0.0761. The van der Waals surface area contributed by atoms with E-state index in [0.717, 1.165) is 0 Å². The van der Waals surface area contributed by atoms with Crippen LogP contribution in [0.4, 0.5) is 5.88 Å². The molecule has 9 heteroatoms. The Hall–Kier alpha value is -3.26. The van der Waals surface area contributed by atoms with Crippen molar-refractivity contribution < 1.29 is 23.3 Å². The van der Waals surface area contributed by atoms with Gasteiger partial charge in [0, 0.05) is 36.8 Å². The molecular formula is C20H18ClN3O5. The molecule has 1 aliphatic heterocycles. The van der Waals surface area contributed by atoms with Gasteiger partial charge in [0.15, 0.2) is 11.3 Å². The van der Waals surface area contributed by atoms with Gasteiger partial charge in [-0.25, -0.2) is 4.79 Å². The zero-order valence-corrected chi connectivity index (χ0v) is 16.4. The molecule has 0 N–H and O–H groups in total. The normalized spacial score (nSPS) is 14.1. The van der Waals surface area contributed by atoms with Gasteiger partial charge in [-0.3, -0.25) is 4.79 Å². The van der Waals surface area contributed by atoms with Crippen molar-refractivity contribution in [3.63, 3.8) is 0 Å². The third-order valence-electron chi connectivity index (χ3n) is 4.77. The number of nitrogens with zero attached hydrogens (tertiary/aromatic N) is 3. The minimum atomic E-state index is -0.541. The Labute approximate surface area is 171 Å². The molecule has 150 valence electrons. The average Bonchev–Trinajstić information content (AvgIpc) is 3.44. The first-order chi connectivity index (χ1) is 14.1. The molecule has 0 bridgehead atoms. The maximum atomic E-state index is 12.5. The van der Waals surface area contributed by atoms with E-state index in [1.807, 2.05) is 4.90 Å². The summed E-state index contributed by atoms with van der Waals surface area (Å²) >= 11 is 5.95. The van der Waals surface area contributed by atoms with E-state index in [9.17, 15) is 9.59 Å². The van der Waals surface area contributed by atoms with Crippen molar-refractivity contribution >= 4 is 29.4 Å². The predicted octanol–water partition coefficient (Wildman–Crippen LogP) is 3.34. The Bertz CT molecular complexity index is 1010. The summed E-state index contributed by atoms with van der Waals surface area (Å²) in [6.45, 7) is 1.87. The monoisotopic (exact) mass is 415 g/mol. The van der Waals surface area contributed by atoms with Gasteiger partial charge < -0.3 is 23.5 Å². The highest BCUT2D eigenvalue weighted by Gasteiger charge is 2.32. The van der Waals surface area contributed by atoms with Gasteiger partial charge in [0.1, 0.15) is 5.69 Å². The summed E-state index contributed by atoms with van der Waals surface area (Å²) in [6, 6.07) is 10.3. The number of piperazine rings is 1. The van der Waals surface area contributed by atoms with Crippen LogP contribution in [0.25, 0.3) is 11.3 Å². The van der Waals surface area contributed by atoms with Crippen molar-refractivity contribution in [2.45, 2.75) is 0 Å². The zero-order valence-electron chi connectivity index (χ0n) is 15.6. The third-order valence-corrected chi connectivity index (χ3v) is 5.02. The third kappa shape index (κ3) is 3.71. The minimum absolute atomic E-state index is 0.165. The van der Waals surface area contributed by atoms with Crippen molar-refractivity contribution in [2.24, 2.45) is 0 Å². The first-order valence-electron chi connectivity index (χ1n) is 9.00.